The van der Waals surface area contributed by atoms with Crippen LogP contribution < -0.4 is 10.6 Å². The number of aryl methyl sites for hydroxylation is 1. The van der Waals surface area contributed by atoms with Crippen molar-refractivity contribution < 1.29 is 4.39 Å². The van der Waals surface area contributed by atoms with Crippen molar-refractivity contribution in [2.45, 2.75) is 26.6 Å². The van der Waals surface area contributed by atoms with Crippen LogP contribution >= 0.6 is 23.8 Å². The maximum atomic E-state index is 13.9. The van der Waals surface area contributed by atoms with Gasteiger partial charge >= 0.3 is 0 Å². The normalized spacial score (nSPS) is 10.7. The molecule has 0 aliphatic heterocycles. The second kappa shape index (κ2) is 8.29. The standard InChI is InChI=1S/C17H18ClFN6S/c1-2-24-9-12(7-21-24)6-20-17(26)23-13-8-22-25(10-13)11-14-15(18)4-3-5-16(14)19/h3-5,7-10H,2,6,11H2,1H3,(H2,20,23,26). The highest BCUT2D eigenvalue weighted by atomic mass is 35.5. The van der Waals surface area contributed by atoms with Gasteiger partial charge in [-0.05, 0) is 31.3 Å². The number of hydrogen-bond acceptors (Lipinski definition) is 3. The van der Waals surface area contributed by atoms with E-state index >= 15 is 0 Å². The molecule has 0 aliphatic carbocycles. The summed E-state index contributed by atoms with van der Waals surface area (Å²) in [5, 5.41) is 15.4. The smallest absolute Gasteiger partial charge is 0.171 e. The van der Waals surface area contributed by atoms with Gasteiger partial charge in [-0.3, -0.25) is 9.36 Å². The largest absolute Gasteiger partial charge is 0.358 e. The number of thiocarbonyl (C=S) groups is 1. The molecule has 0 radical (unpaired) electrons. The minimum absolute atomic E-state index is 0.240. The summed E-state index contributed by atoms with van der Waals surface area (Å²) in [6, 6.07) is 4.61. The van der Waals surface area contributed by atoms with Gasteiger partial charge in [0.2, 0.25) is 0 Å². The van der Waals surface area contributed by atoms with Crippen LogP contribution in [0.3, 0.4) is 0 Å². The number of nitrogens with zero attached hydrogens (tertiary/aromatic N) is 4. The van der Waals surface area contributed by atoms with Crippen molar-refractivity contribution in [3.63, 3.8) is 0 Å². The highest BCUT2D eigenvalue weighted by molar-refractivity contribution is 7.80. The van der Waals surface area contributed by atoms with E-state index in [0.29, 0.717) is 27.9 Å². The van der Waals surface area contributed by atoms with E-state index in [1.165, 1.54) is 6.07 Å². The summed E-state index contributed by atoms with van der Waals surface area (Å²) in [7, 11) is 0. The molecule has 3 aromatic rings. The molecule has 2 aromatic heterocycles. The Morgan fingerprint density at radius 1 is 1.23 bits per heavy atom. The minimum Gasteiger partial charge on any atom is -0.358 e. The number of nitrogens with one attached hydrogen (secondary N) is 2. The van der Waals surface area contributed by atoms with Gasteiger partial charge in [-0.15, -0.1) is 0 Å². The van der Waals surface area contributed by atoms with Gasteiger partial charge in [-0.2, -0.15) is 10.2 Å². The summed E-state index contributed by atoms with van der Waals surface area (Å²) >= 11 is 11.3. The molecule has 0 bridgehead atoms. The van der Waals surface area contributed by atoms with Crippen LogP contribution in [-0.4, -0.2) is 24.7 Å². The molecule has 2 N–H and O–H groups in total. The lowest BCUT2D eigenvalue weighted by Gasteiger charge is -2.08. The first-order chi connectivity index (χ1) is 12.5. The summed E-state index contributed by atoms with van der Waals surface area (Å²) in [6.07, 6.45) is 7.13. The van der Waals surface area contributed by atoms with E-state index in [1.54, 1.807) is 35.4 Å². The highest BCUT2D eigenvalue weighted by Crippen LogP contribution is 2.20. The predicted octanol–water partition coefficient (Wildman–Crippen LogP) is 3.43. The van der Waals surface area contributed by atoms with E-state index in [2.05, 4.69) is 20.8 Å². The third-order valence-electron chi connectivity index (χ3n) is 3.74. The number of hydrogen-bond donors (Lipinski definition) is 2. The van der Waals surface area contributed by atoms with E-state index in [1.807, 2.05) is 17.8 Å². The number of benzene rings is 1. The van der Waals surface area contributed by atoms with Crippen molar-refractivity contribution in [3.05, 3.63) is 65.0 Å². The summed E-state index contributed by atoms with van der Waals surface area (Å²) < 4.78 is 17.3. The number of rotatable bonds is 6. The van der Waals surface area contributed by atoms with Crippen LogP contribution in [0.4, 0.5) is 10.1 Å². The van der Waals surface area contributed by atoms with Crippen molar-refractivity contribution in [1.82, 2.24) is 24.9 Å². The molecule has 136 valence electrons. The summed E-state index contributed by atoms with van der Waals surface area (Å²) in [5.41, 5.74) is 2.15. The van der Waals surface area contributed by atoms with E-state index in [0.717, 1.165) is 12.1 Å². The predicted molar refractivity (Wildman–Crippen MR) is 104 cm³/mol. The van der Waals surface area contributed by atoms with Crippen LogP contribution in [0.5, 0.6) is 0 Å². The molecule has 0 saturated heterocycles. The monoisotopic (exact) mass is 392 g/mol. The number of aromatic nitrogens is 4. The van der Waals surface area contributed by atoms with Crippen molar-refractivity contribution in [2.24, 2.45) is 0 Å². The van der Waals surface area contributed by atoms with Gasteiger partial charge in [0.15, 0.2) is 5.11 Å². The third kappa shape index (κ3) is 4.59. The van der Waals surface area contributed by atoms with Crippen molar-refractivity contribution in [3.8, 4) is 0 Å². The van der Waals surface area contributed by atoms with Crippen LogP contribution in [-0.2, 0) is 19.6 Å². The first-order valence-electron chi connectivity index (χ1n) is 8.06. The van der Waals surface area contributed by atoms with Gasteiger partial charge in [-0.25, -0.2) is 4.39 Å². The Kier molecular flexibility index (Phi) is 5.85. The molecule has 0 fully saturated rings. The highest BCUT2D eigenvalue weighted by Gasteiger charge is 2.09. The molecule has 1 aromatic carbocycles. The Morgan fingerprint density at radius 2 is 2.04 bits per heavy atom. The van der Waals surface area contributed by atoms with Crippen molar-refractivity contribution >= 4 is 34.6 Å². The lowest BCUT2D eigenvalue weighted by atomic mass is 10.2. The van der Waals surface area contributed by atoms with Gasteiger partial charge in [0.1, 0.15) is 5.82 Å². The Bertz CT molecular complexity index is 886. The van der Waals surface area contributed by atoms with Crippen LogP contribution in [0, 0.1) is 5.82 Å². The molecule has 6 nitrogen and oxygen atoms in total. The Morgan fingerprint density at radius 3 is 2.77 bits per heavy atom. The SMILES string of the molecule is CCn1cc(CNC(=S)Nc2cnn(Cc3c(F)cccc3Cl)c2)cn1. The average Bonchev–Trinajstić information content (AvgIpc) is 3.25. The van der Waals surface area contributed by atoms with E-state index in [4.69, 9.17) is 23.8 Å². The van der Waals surface area contributed by atoms with Crippen molar-refractivity contribution in [2.75, 3.05) is 5.32 Å². The van der Waals surface area contributed by atoms with Crippen LogP contribution in [0.25, 0.3) is 0 Å². The average molecular weight is 393 g/mol. The van der Waals surface area contributed by atoms with Gasteiger partial charge in [0.05, 0.1) is 24.6 Å². The molecular weight excluding hydrogens is 375 g/mol. The molecule has 0 unspecified atom stereocenters. The van der Waals surface area contributed by atoms with Crippen LogP contribution in [0.15, 0.2) is 43.0 Å². The molecule has 3 rings (SSSR count). The third-order valence-corrected chi connectivity index (χ3v) is 4.34. The van der Waals surface area contributed by atoms with E-state index < -0.39 is 0 Å². The summed E-state index contributed by atoms with van der Waals surface area (Å²) in [6.45, 7) is 3.67. The van der Waals surface area contributed by atoms with Gasteiger partial charge in [0.25, 0.3) is 0 Å². The van der Waals surface area contributed by atoms with Gasteiger partial charge < -0.3 is 10.6 Å². The Balaban J connectivity index is 1.55. The fraction of sp³-hybridized carbons (Fsp3) is 0.235. The minimum atomic E-state index is -0.354. The fourth-order valence-electron chi connectivity index (χ4n) is 2.39. The topological polar surface area (TPSA) is 59.7 Å². The summed E-state index contributed by atoms with van der Waals surface area (Å²) in [4.78, 5) is 0. The maximum absolute atomic E-state index is 13.9. The Hall–Kier alpha value is -2.45. The van der Waals surface area contributed by atoms with E-state index in [9.17, 15) is 4.39 Å². The number of halogens is 2. The zero-order chi connectivity index (χ0) is 18.5. The quantitative estimate of drug-likeness (QED) is 0.629. The molecule has 0 spiro atoms. The van der Waals surface area contributed by atoms with Crippen molar-refractivity contribution in [1.29, 1.82) is 0 Å². The lowest BCUT2D eigenvalue weighted by Crippen LogP contribution is -2.27. The zero-order valence-electron chi connectivity index (χ0n) is 14.1. The molecule has 0 saturated carbocycles. The molecule has 9 heteroatoms. The molecule has 0 aliphatic rings. The molecular formula is C17H18ClFN6S. The first kappa shape index (κ1) is 18.3. The van der Waals surface area contributed by atoms with Crippen LogP contribution in [0.2, 0.25) is 5.02 Å². The number of anilines is 1. The fourth-order valence-corrected chi connectivity index (χ4v) is 2.80. The second-order valence-electron chi connectivity index (χ2n) is 5.64. The first-order valence-corrected chi connectivity index (χ1v) is 8.85. The van der Waals surface area contributed by atoms with Gasteiger partial charge in [-0.1, -0.05) is 17.7 Å². The zero-order valence-corrected chi connectivity index (χ0v) is 15.7. The molecule has 0 atom stereocenters. The molecule has 0 amide bonds. The van der Waals surface area contributed by atoms with Gasteiger partial charge in [0, 0.05) is 41.6 Å². The maximum Gasteiger partial charge on any atom is 0.171 e. The second-order valence-corrected chi connectivity index (χ2v) is 6.45. The Labute approximate surface area is 161 Å². The molecule has 2 heterocycles. The van der Waals surface area contributed by atoms with Crippen LogP contribution in [0.1, 0.15) is 18.1 Å². The lowest BCUT2D eigenvalue weighted by molar-refractivity contribution is 0.585. The van der Waals surface area contributed by atoms with E-state index in [-0.39, 0.29) is 12.4 Å². The molecule has 26 heavy (non-hydrogen) atoms. The summed E-state index contributed by atoms with van der Waals surface area (Å²) in [5.74, 6) is -0.354.